The summed E-state index contributed by atoms with van der Waals surface area (Å²) >= 11 is 3.35. The van der Waals surface area contributed by atoms with E-state index in [4.69, 9.17) is 0 Å². The summed E-state index contributed by atoms with van der Waals surface area (Å²) in [4.78, 5) is 23.2. The van der Waals surface area contributed by atoms with Gasteiger partial charge in [0.15, 0.2) is 5.69 Å². The topological polar surface area (TPSA) is 96.0 Å². The van der Waals surface area contributed by atoms with E-state index in [0.717, 1.165) is 4.47 Å². The van der Waals surface area contributed by atoms with Crippen LogP contribution in [0.5, 0.6) is 0 Å². The van der Waals surface area contributed by atoms with Crippen LogP contribution in [0.3, 0.4) is 0 Å². The first-order valence-electron chi connectivity index (χ1n) is 7.54. The Balaban J connectivity index is 2.12. The van der Waals surface area contributed by atoms with E-state index >= 15 is 0 Å². The largest absolute Gasteiger partial charge is 0.476 e. The maximum Gasteiger partial charge on any atom is 0.355 e. The lowest BCUT2D eigenvalue weighted by atomic mass is 9.94. The van der Waals surface area contributed by atoms with Crippen LogP contribution in [0.2, 0.25) is 0 Å². The number of nitriles is 1. The highest BCUT2D eigenvalue weighted by atomic mass is 79.9. The van der Waals surface area contributed by atoms with Crippen LogP contribution in [0.15, 0.2) is 28.7 Å². The van der Waals surface area contributed by atoms with E-state index in [0.29, 0.717) is 36.9 Å². The average Bonchev–Trinajstić information content (AvgIpc) is 2.96. The first kappa shape index (κ1) is 16.4. The lowest BCUT2D eigenvalue weighted by Crippen LogP contribution is -2.22. The summed E-state index contributed by atoms with van der Waals surface area (Å²) in [7, 11) is 0. The number of carbonyl (C=O) groups excluding carboxylic acids is 1. The van der Waals surface area contributed by atoms with Gasteiger partial charge in [-0.1, -0.05) is 28.1 Å². The van der Waals surface area contributed by atoms with Crippen molar-refractivity contribution in [2.75, 3.05) is 0 Å². The van der Waals surface area contributed by atoms with Gasteiger partial charge in [-0.05, 0) is 25.0 Å². The number of ketones is 1. The predicted molar refractivity (Wildman–Crippen MR) is 89.5 cm³/mol. The number of carbonyl (C=O) groups is 2. The van der Waals surface area contributed by atoms with Crippen LogP contribution in [-0.2, 0) is 4.79 Å². The van der Waals surface area contributed by atoms with Crippen molar-refractivity contribution in [1.82, 2.24) is 9.78 Å². The minimum absolute atomic E-state index is 0.0572. The highest BCUT2D eigenvalue weighted by molar-refractivity contribution is 9.10. The Morgan fingerprint density at radius 3 is 2.46 bits per heavy atom. The second-order valence-electron chi connectivity index (χ2n) is 5.71. The molecule has 1 heterocycles. The average molecular weight is 388 g/mol. The molecule has 1 aliphatic carbocycles. The molecule has 0 unspecified atom stereocenters. The number of carboxylic acid groups (broad SMARTS) is 1. The number of Topliss-reactive ketones (excluding diaryl/α,β-unsaturated/α-hetero) is 1. The van der Waals surface area contributed by atoms with Crippen molar-refractivity contribution < 1.29 is 14.7 Å². The van der Waals surface area contributed by atoms with E-state index in [1.807, 2.05) is 18.2 Å². The van der Waals surface area contributed by atoms with Crippen molar-refractivity contribution in [3.63, 3.8) is 0 Å². The monoisotopic (exact) mass is 387 g/mol. The molecular weight excluding hydrogens is 374 g/mol. The van der Waals surface area contributed by atoms with Crippen LogP contribution in [0.1, 0.15) is 47.8 Å². The van der Waals surface area contributed by atoms with Gasteiger partial charge < -0.3 is 5.11 Å². The second-order valence-corrected chi connectivity index (χ2v) is 6.63. The first-order chi connectivity index (χ1) is 11.5. The number of carboxylic acids is 1. The molecule has 0 bridgehead atoms. The Morgan fingerprint density at radius 2 is 1.92 bits per heavy atom. The Bertz CT molecular complexity index is 839. The number of aromatic nitrogens is 2. The Hall–Kier alpha value is -2.46. The summed E-state index contributed by atoms with van der Waals surface area (Å²) in [5, 5.41) is 23.5. The van der Waals surface area contributed by atoms with Crippen LogP contribution in [0.4, 0.5) is 0 Å². The molecule has 2 aromatic rings. The number of benzene rings is 1. The minimum Gasteiger partial charge on any atom is -0.476 e. The molecular formula is C17H14BrN3O3. The van der Waals surface area contributed by atoms with Gasteiger partial charge in [-0.3, -0.25) is 9.48 Å². The predicted octanol–water partition coefficient (Wildman–Crippen LogP) is 3.57. The molecule has 1 aromatic heterocycles. The third-order valence-electron chi connectivity index (χ3n) is 4.20. The Morgan fingerprint density at radius 1 is 1.29 bits per heavy atom. The zero-order valence-electron chi connectivity index (χ0n) is 12.7. The van der Waals surface area contributed by atoms with Crippen molar-refractivity contribution in [1.29, 1.82) is 5.26 Å². The van der Waals surface area contributed by atoms with Crippen LogP contribution >= 0.6 is 15.9 Å². The van der Waals surface area contributed by atoms with Crippen molar-refractivity contribution >= 4 is 27.7 Å². The number of nitrogens with zero attached hydrogens (tertiary/aromatic N) is 3. The van der Waals surface area contributed by atoms with E-state index in [1.54, 1.807) is 12.1 Å². The van der Waals surface area contributed by atoms with Crippen LogP contribution in [0.25, 0.3) is 11.3 Å². The second kappa shape index (κ2) is 6.57. The fraction of sp³-hybridized carbons (Fsp3) is 0.294. The van der Waals surface area contributed by atoms with Crippen LogP contribution in [0, 0.1) is 11.3 Å². The number of hydrogen-bond donors (Lipinski definition) is 1. The smallest absolute Gasteiger partial charge is 0.355 e. The molecule has 1 aliphatic rings. The fourth-order valence-corrected chi connectivity index (χ4v) is 3.25. The Kier molecular flexibility index (Phi) is 4.49. The summed E-state index contributed by atoms with van der Waals surface area (Å²) in [5.74, 6) is -0.997. The van der Waals surface area contributed by atoms with E-state index in [9.17, 15) is 20.0 Å². The molecule has 0 saturated heterocycles. The number of halogens is 1. The van der Waals surface area contributed by atoms with Crippen molar-refractivity contribution in [2.24, 2.45) is 0 Å². The number of hydrogen-bond acceptors (Lipinski definition) is 4. The highest BCUT2D eigenvalue weighted by Crippen LogP contribution is 2.32. The summed E-state index contributed by atoms with van der Waals surface area (Å²) in [5.41, 5.74) is 0.999. The number of aromatic carboxylic acids is 1. The van der Waals surface area contributed by atoms with Gasteiger partial charge in [0, 0.05) is 22.9 Å². The molecule has 1 N–H and O–H groups in total. The van der Waals surface area contributed by atoms with E-state index < -0.39 is 5.97 Å². The van der Waals surface area contributed by atoms with Gasteiger partial charge in [0.2, 0.25) is 0 Å². The third kappa shape index (κ3) is 2.97. The molecule has 6 nitrogen and oxygen atoms in total. The van der Waals surface area contributed by atoms with Gasteiger partial charge in [0.25, 0.3) is 0 Å². The fourth-order valence-electron chi connectivity index (χ4n) is 2.99. The van der Waals surface area contributed by atoms with Crippen molar-refractivity contribution in [2.45, 2.75) is 31.7 Å². The molecule has 0 spiro atoms. The maximum absolute atomic E-state index is 11.7. The van der Waals surface area contributed by atoms with Gasteiger partial charge in [-0.2, -0.15) is 10.4 Å². The van der Waals surface area contributed by atoms with E-state index in [1.165, 1.54) is 4.68 Å². The summed E-state index contributed by atoms with van der Waals surface area (Å²) in [6, 6.07) is 9.01. The van der Waals surface area contributed by atoms with Gasteiger partial charge in [-0.15, -0.1) is 0 Å². The standard InChI is InChI=1S/C17H14BrN3O3/c18-11-3-1-10(2-4-11)15-14(9-19)16(17(23)24)21(20-15)12-5-7-13(22)8-6-12/h1-4,12H,5-8H2,(H,23,24). The Labute approximate surface area is 146 Å². The molecule has 0 atom stereocenters. The summed E-state index contributed by atoms with van der Waals surface area (Å²) in [6.07, 6.45) is 1.93. The molecule has 1 fully saturated rings. The van der Waals surface area contributed by atoms with Crippen molar-refractivity contribution in [3.8, 4) is 17.3 Å². The lowest BCUT2D eigenvalue weighted by Gasteiger charge is -2.22. The zero-order valence-corrected chi connectivity index (χ0v) is 14.3. The van der Waals surface area contributed by atoms with Gasteiger partial charge in [0.05, 0.1) is 6.04 Å². The molecule has 122 valence electrons. The summed E-state index contributed by atoms with van der Waals surface area (Å²) in [6.45, 7) is 0. The summed E-state index contributed by atoms with van der Waals surface area (Å²) < 4.78 is 2.30. The van der Waals surface area contributed by atoms with Gasteiger partial charge >= 0.3 is 5.97 Å². The molecule has 7 heteroatoms. The molecule has 1 aromatic carbocycles. The number of rotatable bonds is 3. The van der Waals surface area contributed by atoms with Crippen LogP contribution < -0.4 is 0 Å². The minimum atomic E-state index is -1.18. The van der Waals surface area contributed by atoms with Crippen molar-refractivity contribution in [3.05, 3.63) is 40.0 Å². The zero-order chi connectivity index (χ0) is 17.3. The third-order valence-corrected chi connectivity index (χ3v) is 4.73. The van der Waals surface area contributed by atoms with E-state index in [-0.39, 0.29) is 23.1 Å². The molecule has 24 heavy (non-hydrogen) atoms. The van der Waals surface area contributed by atoms with E-state index in [2.05, 4.69) is 21.0 Å². The molecule has 0 amide bonds. The maximum atomic E-state index is 11.7. The van der Waals surface area contributed by atoms with Gasteiger partial charge in [0.1, 0.15) is 23.1 Å². The highest BCUT2D eigenvalue weighted by Gasteiger charge is 2.30. The lowest BCUT2D eigenvalue weighted by molar-refractivity contribution is -0.120. The molecule has 3 rings (SSSR count). The SMILES string of the molecule is N#Cc1c(-c2ccc(Br)cc2)nn(C2CCC(=O)CC2)c1C(=O)O. The first-order valence-corrected chi connectivity index (χ1v) is 8.34. The normalized spacial score (nSPS) is 15.2. The quantitative estimate of drug-likeness (QED) is 0.867. The van der Waals surface area contributed by atoms with Gasteiger partial charge in [-0.25, -0.2) is 4.79 Å². The molecule has 1 saturated carbocycles. The molecule has 0 aliphatic heterocycles. The molecule has 0 radical (unpaired) electrons. The van der Waals surface area contributed by atoms with Crippen LogP contribution in [-0.4, -0.2) is 26.6 Å².